The van der Waals surface area contributed by atoms with Crippen LogP contribution < -0.4 is 9.47 Å². The number of ether oxygens (including phenoxy) is 3. The van der Waals surface area contributed by atoms with Crippen molar-refractivity contribution < 1.29 is 19.0 Å². The first-order valence-corrected chi connectivity index (χ1v) is 9.05. The lowest BCUT2D eigenvalue weighted by Crippen LogP contribution is -2.12. The zero-order chi connectivity index (χ0) is 19.4. The summed E-state index contributed by atoms with van der Waals surface area (Å²) < 4.78 is 16.0. The van der Waals surface area contributed by atoms with Crippen LogP contribution >= 0.6 is 11.6 Å². The van der Waals surface area contributed by atoms with Crippen molar-refractivity contribution in [1.82, 2.24) is 4.98 Å². The molecule has 0 radical (unpaired) electrons. The molecule has 6 heteroatoms. The van der Waals surface area contributed by atoms with Gasteiger partial charge in [-0.25, -0.2) is 4.79 Å². The number of halogens is 1. The number of rotatable bonds is 6. The zero-order valence-corrected chi connectivity index (χ0v) is 16.2. The molecule has 3 aromatic rings. The molecular formula is C21H20ClNO4. The lowest BCUT2D eigenvalue weighted by atomic mass is 9.94. The van der Waals surface area contributed by atoms with E-state index in [0.29, 0.717) is 22.8 Å². The fourth-order valence-corrected chi connectivity index (χ4v) is 3.27. The number of nitrogens with zero attached hydrogens (tertiary/aromatic N) is 1. The Balaban J connectivity index is 2.38. The highest BCUT2D eigenvalue weighted by Gasteiger charge is 2.23. The molecule has 0 N–H and O–H groups in total. The Kier molecular flexibility index (Phi) is 5.81. The fraction of sp³-hybridized carbons (Fsp3) is 0.238. The van der Waals surface area contributed by atoms with Gasteiger partial charge in [0, 0.05) is 10.9 Å². The molecule has 2 aromatic carbocycles. The van der Waals surface area contributed by atoms with Gasteiger partial charge in [-0.3, -0.25) is 4.98 Å². The average molecular weight is 386 g/mol. The third-order valence-electron chi connectivity index (χ3n) is 4.25. The Hall–Kier alpha value is -2.79. The molecule has 5 nitrogen and oxygen atoms in total. The maximum absolute atomic E-state index is 12.8. The largest absolute Gasteiger partial charge is 0.493 e. The van der Waals surface area contributed by atoms with Crippen molar-refractivity contribution in [1.29, 1.82) is 0 Å². The Bertz CT molecular complexity index is 987. The van der Waals surface area contributed by atoms with Crippen molar-refractivity contribution in [3.05, 3.63) is 53.7 Å². The van der Waals surface area contributed by atoms with Gasteiger partial charge in [0.1, 0.15) is 0 Å². The van der Waals surface area contributed by atoms with E-state index < -0.39 is 5.97 Å². The monoisotopic (exact) mass is 385 g/mol. The molecule has 0 amide bonds. The summed E-state index contributed by atoms with van der Waals surface area (Å²) in [5.74, 6) is 0.823. The standard InChI is InChI=1S/C21H20ClNO4/c1-4-27-21(24)20-16(12-22)23-15-8-6-5-7-14(15)19(20)13-9-10-17(25-2)18(11-13)26-3/h5-11H,4,12H2,1-3H3. The summed E-state index contributed by atoms with van der Waals surface area (Å²) in [6.45, 7) is 2.03. The number of para-hydroxylation sites is 1. The minimum absolute atomic E-state index is 0.0965. The number of carbonyl (C=O) groups is 1. The molecule has 3 rings (SSSR count). The number of carbonyl (C=O) groups excluding carboxylic acids is 1. The van der Waals surface area contributed by atoms with Crippen LogP contribution in [-0.2, 0) is 10.6 Å². The van der Waals surface area contributed by atoms with Crippen molar-refractivity contribution in [3.8, 4) is 22.6 Å². The summed E-state index contributed by atoms with van der Waals surface area (Å²) in [7, 11) is 3.15. The fourth-order valence-electron chi connectivity index (χ4n) is 3.07. The van der Waals surface area contributed by atoms with E-state index in [9.17, 15) is 4.79 Å². The molecule has 0 aliphatic heterocycles. The molecule has 1 heterocycles. The summed E-state index contributed by atoms with van der Waals surface area (Å²) in [6.07, 6.45) is 0. The van der Waals surface area contributed by atoms with Gasteiger partial charge in [0.15, 0.2) is 11.5 Å². The maximum atomic E-state index is 12.8. The van der Waals surface area contributed by atoms with Gasteiger partial charge in [-0.05, 0) is 30.7 Å². The quantitative estimate of drug-likeness (QED) is 0.449. The van der Waals surface area contributed by atoms with Gasteiger partial charge < -0.3 is 14.2 Å². The third kappa shape index (κ3) is 3.55. The van der Waals surface area contributed by atoms with E-state index in [1.807, 2.05) is 36.4 Å². The van der Waals surface area contributed by atoms with E-state index in [1.165, 1.54) is 0 Å². The number of methoxy groups -OCH3 is 2. The van der Waals surface area contributed by atoms with Crippen molar-refractivity contribution in [2.75, 3.05) is 20.8 Å². The number of esters is 1. The van der Waals surface area contributed by atoms with Crippen molar-refractivity contribution >= 4 is 28.5 Å². The summed E-state index contributed by atoms with van der Waals surface area (Å²) >= 11 is 6.13. The van der Waals surface area contributed by atoms with E-state index in [-0.39, 0.29) is 12.5 Å². The number of benzene rings is 2. The van der Waals surface area contributed by atoms with Crippen LogP contribution in [0.4, 0.5) is 0 Å². The molecule has 0 fully saturated rings. The van der Waals surface area contributed by atoms with E-state index >= 15 is 0 Å². The van der Waals surface area contributed by atoms with Crippen LogP contribution in [0.15, 0.2) is 42.5 Å². The normalized spacial score (nSPS) is 10.7. The van der Waals surface area contributed by atoms with Crippen LogP contribution in [-0.4, -0.2) is 31.8 Å². The van der Waals surface area contributed by atoms with Gasteiger partial charge in [0.2, 0.25) is 0 Å². The van der Waals surface area contributed by atoms with Gasteiger partial charge in [0.05, 0.1) is 43.5 Å². The molecule has 0 aliphatic carbocycles. The van der Waals surface area contributed by atoms with Gasteiger partial charge >= 0.3 is 5.97 Å². The Morgan fingerprint density at radius 2 is 1.81 bits per heavy atom. The molecule has 0 saturated carbocycles. The van der Waals surface area contributed by atoms with Crippen molar-refractivity contribution in [3.63, 3.8) is 0 Å². The van der Waals surface area contributed by atoms with E-state index in [2.05, 4.69) is 4.98 Å². The number of alkyl halides is 1. The van der Waals surface area contributed by atoms with Crippen LogP contribution in [0.3, 0.4) is 0 Å². The van der Waals surface area contributed by atoms with Gasteiger partial charge in [0.25, 0.3) is 0 Å². The second-order valence-electron chi connectivity index (χ2n) is 5.75. The Labute approximate surface area is 162 Å². The molecule has 0 aliphatic rings. The molecule has 0 unspecified atom stereocenters. The van der Waals surface area contributed by atoms with Crippen molar-refractivity contribution in [2.24, 2.45) is 0 Å². The lowest BCUT2D eigenvalue weighted by Gasteiger charge is -2.17. The topological polar surface area (TPSA) is 57.7 Å². The number of hydrogen-bond donors (Lipinski definition) is 0. The highest BCUT2D eigenvalue weighted by Crippen LogP contribution is 2.38. The Morgan fingerprint density at radius 3 is 2.48 bits per heavy atom. The van der Waals surface area contributed by atoms with Gasteiger partial charge in [-0.1, -0.05) is 24.3 Å². The molecule has 0 bridgehead atoms. The van der Waals surface area contributed by atoms with E-state index in [4.69, 9.17) is 25.8 Å². The highest BCUT2D eigenvalue weighted by molar-refractivity contribution is 6.18. The highest BCUT2D eigenvalue weighted by atomic mass is 35.5. The first kappa shape index (κ1) is 19.0. The third-order valence-corrected chi connectivity index (χ3v) is 4.50. The molecule has 0 atom stereocenters. The second kappa shape index (κ2) is 8.27. The summed E-state index contributed by atoms with van der Waals surface area (Å²) in [6, 6.07) is 13.1. The molecule has 27 heavy (non-hydrogen) atoms. The SMILES string of the molecule is CCOC(=O)c1c(CCl)nc2ccccc2c1-c1ccc(OC)c(OC)c1. The van der Waals surface area contributed by atoms with Crippen LogP contribution in [0.1, 0.15) is 23.0 Å². The van der Waals surface area contributed by atoms with Crippen molar-refractivity contribution in [2.45, 2.75) is 12.8 Å². The van der Waals surface area contributed by atoms with Crippen LogP contribution in [0.25, 0.3) is 22.0 Å². The summed E-state index contributed by atoms with van der Waals surface area (Å²) in [5, 5.41) is 0.835. The molecular weight excluding hydrogens is 366 g/mol. The second-order valence-corrected chi connectivity index (χ2v) is 6.02. The number of hydrogen-bond acceptors (Lipinski definition) is 5. The molecule has 0 saturated heterocycles. The predicted octanol–water partition coefficient (Wildman–Crippen LogP) is 4.83. The van der Waals surface area contributed by atoms with Crippen LogP contribution in [0.2, 0.25) is 0 Å². The van der Waals surface area contributed by atoms with E-state index in [0.717, 1.165) is 22.0 Å². The summed E-state index contributed by atoms with van der Waals surface area (Å²) in [4.78, 5) is 17.3. The minimum atomic E-state index is -0.448. The smallest absolute Gasteiger partial charge is 0.340 e. The van der Waals surface area contributed by atoms with E-state index in [1.54, 1.807) is 27.2 Å². The zero-order valence-electron chi connectivity index (χ0n) is 15.4. The maximum Gasteiger partial charge on any atom is 0.340 e. The average Bonchev–Trinajstić information content (AvgIpc) is 2.71. The Morgan fingerprint density at radius 1 is 1.07 bits per heavy atom. The first-order valence-electron chi connectivity index (χ1n) is 8.51. The first-order chi connectivity index (χ1) is 13.1. The molecule has 1 aromatic heterocycles. The minimum Gasteiger partial charge on any atom is -0.493 e. The molecule has 0 spiro atoms. The van der Waals surface area contributed by atoms with Gasteiger partial charge in [-0.15, -0.1) is 11.6 Å². The predicted molar refractivity (Wildman–Crippen MR) is 106 cm³/mol. The summed E-state index contributed by atoms with van der Waals surface area (Å²) in [5.41, 5.74) is 3.12. The van der Waals surface area contributed by atoms with Gasteiger partial charge in [-0.2, -0.15) is 0 Å². The number of aromatic nitrogens is 1. The number of pyridine rings is 1. The number of fused-ring (bicyclic) bond motifs is 1. The van der Waals surface area contributed by atoms with Crippen LogP contribution in [0, 0.1) is 0 Å². The molecule has 140 valence electrons. The lowest BCUT2D eigenvalue weighted by molar-refractivity contribution is 0.0526. The van der Waals surface area contributed by atoms with Crippen LogP contribution in [0.5, 0.6) is 11.5 Å².